The Kier molecular flexibility index (Phi) is 5.17. The van der Waals surface area contributed by atoms with Crippen molar-refractivity contribution < 1.29 is 9.53 Å². The van der Waals surface area contributed by atoms with Crippen molar-refractivity contribution in [2.75, 3.05) is 5.32 Å². The van der Waals surface area contributed by atoms with Crippen LogP contribution in [-0.2, 0) is 11.3 Å². The molecule has 0 fully saturated rings. The Bertz CT molecular complexity index is 800. The van der Waals surface area contributed by atoms with Gasteiger partial charge in [0.25, 0.3) is 5.91 Å². The highest BCUT2D eigenvalue weighted by molar-refractivity contribution is 7.09. The average Bonchev–Trinajstić information content (AvgIpc) is 3.22. The standard InChI is InChI=1S/C17H16ClN3O2S/c1-12(23-14-6-4-13(18)5-7-14)17(22)20-16-8-9-19-21(16)11-15-3-2-10-24-15/h2-10,12H,11H2,1H3,(H,20,22)/t12-/m1/s1. The van der Waals surface area contributed by atoms with E-state index >= 15 is 0 Å². The lowest BCUT2D eigenvalue weighted by Crippen LogP contribution is -2.31. The summed E-state index contributed by atoms with van der Waals surface area (Å²) in [6, 6.07) is 12.7. The van der Waals surface area contributed by atoms with E-state index in [-0.39, 0.29) is 5.91 Å². The lowest BCUT2D eigenvalue weighted by atomic mass is 10.3. The summed E-state index contributed by atoms with van der Waals surface area (Å²) in [6.07, 6.45) is 1.02. The fourth-order valence-electron chi connectivity index (χ4n) is 2.11. The first-order valence-electron chi connectivity index (χ1n) is 7.39. The molecule has 0 aliphatic rings. The summed E-state index contributed by atoms with van der Waals surface area (Å²) in [5, 5.41) is 9.73. The van der Waals surface area contributed by atoms with Crippen LogP contribution >= 0.6 is 22.9 Å². The molecule has 1 atom stereocenters. The zero-order valence-corrected chi connectivity index (χ0v) is 14.6. The number of nitrogens with zero attached hydrogens (tertiary/aromatic N) is 2. The van der Waals surface area contributed by atoms with E-state index in [0.717, 1.165) is 0 Å². The number of anilines is 1. The van der Waals surface area contributed by atoms with Crippen molar-refractivity contribution in [1.82, 2.24) is 9.78 Å². The number of ether oxygens (including phenoxy) is 1. The Hall–Kier alpha value is -2.31. The van der Waals surface area contributed by atoms with Gasteiger partial charge >= 0.3 is 0 Å². The van der Waals surface area contributed by atoms with Crippen molar-refractivity contribution in [3.05, 3.63) is 63.9 Å². The molecule has 0 aliphatic carbocycles. The molecule has 7 heteroatoms. The van der Waals surface area contributed by atoms with Crippen LogP contribution in [0.5, 0.6) is 5.75 Å². The number of rotatable bonds is 6. The summed E-state index contributed by atoms with van der Waals surface area (Å²) >= 11 is 7.49. The van der Waals surface area contributed by atoms with Gasteiger partial charge in [0.1, 0.15) is 11.6 Å². The van der Waals surface area contributed by atoms with Crippen molar-refractivity contribution in [3.8, 4) is 5.75 Å². The molecule has 0 aliphatic heterocycles. The molecule has 0 radical (unpaired) electrons. The Morgan fingerprint density at radius 3 is 2.83 bits per heavy atom. The van der Waals surface area contributed by atoms with Crippen molar-refractivity contribution in [2.45, 2.75) is 19.6 Å². The number of carbonyl (C=O) groups excluding carboxylic acids is 1. The highest BCUT2D eigenvalue weighted by Crippen LogP contribution is 2.18. The van der Waals surface area contributed by atoms with E-state index in [1.807, 2.05) is 17.5 Å². The maximum atomic E-state index is 12.3. The SMILES string of the molecule is C[C@@H](Oc1ccc(Cl)cc1)C(=O)Nc1ccnn1Cc1cccs1. The molecule has 0 saturated heterocycles. The third kappa shape index (κ3) is 4.15. The minimum Gasteiger partial charge on any atom is -0.481 e. The first-order valence-corrected chi connectivity index (χ1v) is 8.65. The highest BCUT2D eigenvalue weighted by Gasteiger charge is 2.17. The summed E-state index contributed by atoms with van der Waals surface area (Å²) < 4.78 is 7.38. The normalized spacial score (nSPS) is 11.9. The van der Waals surface area contributed by atoms with Gasteiger partial charge in [-0.15, -0.1) is 11.3 Å². The van der Waals surface area contributed by atoms with Crippen LogP contribution in [0.4, 0.5) is 5.82 Å². The topological polar surface area (TPSA) is 56.1 Å². The van der Waals surface area contributed by atoms with E-state index in [1.54, 1.807) is 59.5 Å². The van der Waals surface area contributed by atoms with Crippen molar-refractivity contribution in [1.29, 1.82) is 0 Å². The highest BCUT2D eigenvalue weighted by atomic mass is 35.5. The van der Waals surface area contributed by atoms with E-state index in [9.17, 15) is 4.79 Å². The van der Waals surface area contributed by atoms with Gasteiger partial charge in [-0.25, -0.2) is 4.68 Å². The first kappa shape index (κ1) is 16.5. The van der Waals surface area contributed by atoms with Gasteiger partial charge in [0.2, 0.25) is 0 Å². The van der Waals surface area contributed by atoms with Gasteiger partial charge in [-0.3, -0.25) is 4.79 Å². The smallest absolute Gasteiger partial charge is 0.266 e. The maximum Gasteiger partial charge on any atom is 0.266 e. The van der Waals surface area contributed by atoms with Crippen LogP contribution in [0.1, 0.15) is 11.8 Å². The quantitative estimate of drug-likeness (QED) is 0.720. The summed E-state index contributed by atoms with van der Waals surface area (Å²) in [5.41, 5.74) is 0. The predicted octanol–water partition coefficient (Wildman–Crippen LogP) is 4.05. The minimum atomic E-state index is -0.642. The third-order valence-corrected chi connectivity index (χ3v) is 4.46. The third-order valence-electron chi connectivity index (χ3n) is 3.35. The summed E-state index contributed by atoms with van der Waals surface area (Å²) in [6.45, 7) is 2.32. The second-order valence-electron chi connectivity index (χ2n) is 5.16. The number of hydrogen-bond donors (Lipinski definition) is 1. The Morgan fingerprint density at radius 2 is 2.12 bits per heavy atom. The van der Waals surface area contributed by atoms with Crippen molar-refractivity contribution in [3.63, 3.8) is 0 Å². The van der Waals surface area contributed by atoms with Gasteiger partial charge in [0.05, 0.1) is 12.7 Å². The largest absolute Gasteiger partial charge is 0.481 e. The molecule has 1 amide bonds. The molecular formula is C17H16ClN3O2S. The summed E-state index contributed by atoms with van der Waals surface area (Å²) in [4.78, 5) is 13.5. The Labute approximate surface area is 148 Å². The molecule has 0 bridgehead atoms. The number of aromatic nitrogens is 2. The van der Waals surface area contributed by atoms with E-state index < -0.39 is 6.10 Å². The molecular weight excluding hydrogens is 346 g/mol. The van der Waals surface area contributed by atoms with Crippen molar-refractivity contribution in [2.24, 2.45) is 0 Å². The van der Waals surface area contributed by atoms with Gasteiger partial charge in [0, 0.05) is 16.0 Å². The molecule has 0 unspecified atom stereocenters. The molecule has 3 aromatic rings. The van der Waals surface area contributed by atoms with Crippen LogP contribution in [0.2, 0.25) is 5.02 Å². The first-order chi connectivity index (χ1) is 11.6. The monoisotopic (exact) mass is 361 g/mol. The average molecular weight is 362 g/mol. The van der Waals surface area contributed by atoms with Gasteiger partial charge in [-0.05, 0) is 42.6 Å². The second kappa shape index (κ2) is 7.51. The molecule has 1 aromatic carbocycles. The number of carbonyl (C=O) groups is 1. The van der Waals surface area contributed by atoms with E-state index in [2.05, 4.69) is 10.4 Å². The molecule has 2 heterocycles. The Balaban J connectivity index is 1.62. The number of hydrogen-bond acceptors (Lipinski definition) is 4. The molecule has 0 spiro atoms. The summed E-state index contributed by atoms with van der Waals surface area (Å²) in [7, 11) is 0. The maximum absolute atomic E-state index is 12.3. The van der Waals surface area contributed by atoms with Crippen LogP contribution in [0.25, 0.3) is 0 Å². The lowest BCUT2D eigenvalue weighted by Gasteiger charge is -2.15. The van der Waals surface area contributed by atoms with E-state index in [0.29, 0.717) is 23.1 Å². The Morgan fingerprint density at radius 1 is 1.33 bits per heavy atom. The van der Waals surface area contributed by atoms with Gasteiger partial charge in [-0.1, -0.05) is 17.7 Å². The summed E-state index contributed by atoms with van der Waals surface area (Å²) in [5.74, 6) is 0.993. The zero-order valence-electron chi connectivity index (χ0n) is 13.0. The molecule has 5 nitrogen and oxygen atoms in total. The number of nitrogens with one attached hydrogen (secondary N) is 1. The fraction of sp³-hybridized carbons (Fsp3) is 0.176. The van der Waals surface area contributed by atoms with Gasteiger partial charge in [0.15, 0.2) is 6.10 Å². The van der Waals surface area contributed by atoms with Crippen LogP contribution in [-0.4, -0.2) is 21.8 Å². The van der Waals surface area contributed by atoms with E-state index in [4.69, 9.17) is 16.3 Å². The molecule has 2 aromatic heterocycles. The molecule has 24 heavy (non-hydrogen) atoms. The van der Waals surface area contributed by atoms with Crippen LogP contribution in [0.3, 0.4) is 0 Å². The lowest BCUT2D eigenvalue weighted by molar-refractivity contribution is -0.122. The number of thiophene rings is 1. The number of halogens is 1. The number of benzene rings is 1. The minimum absolute atomic E-state index is 0.238. The molecule has 3 rings (SSSR count). The van der Waals surface area contributed by atoms with Crippen LogP contribution in [0, 0.1) is 0 Å². The molecule has 124 valence electrons. The van der Waals surface area contributed by atoms with Crippen LogP contribution in [0.15, 0.2) is 54.0 Å². The van der Waals surface area contributed by atoms with Crippen molar-refractivity contribution >= 4 is 34.7 Å². The molecule has 1 N–H and O–H groups in total. The zero-order chi connectivity index (χ0) is 16.9. The van der Waals surface area contributed by atoms with E-state index in [1.165, 1.54) is 4.88 Å². The fourth-order valence-corrected chi connectivity index (χ4v) is 2.93. The number of amides is 1. The molecule has 0 saturated carbocycles. The van der Waals surface area contributed by atoms with Crippen LogP contribution < -0.4 is 10.1 Å². The second-order valence-corrected chi connectivity index (χ2v) is 6.63. The van der Waals surface area contributed by atoms with Gasteiger partial charge in [-0.2, -0.15) is 5.10 Å². The predicted molar refractivity (Wildman–Crippen MR) is 95.8 cm³/mol. The van der Waals surface area contributed by atoms with Gasteiger partial charge < -0.3 is 10.1 Å².